The molecule has 0 saturated heterocycles. The lowest BCUT2D eigenvalue weighted by Gasteiger charge is -2.31. The number of nitrogens with zero attached hydrogens (tertiary/aromatic N) is 2. The molecule has 5 aromatic carbocycles. The minimum atomic E-state index is -5.32. The van der Waals surface area contributed by atoms with E-state index in [1.54, 1.807) is 24.3 Å². The van der Waals surface area contributed by atoms with Crippen molar-refractivity contribution in [1.29, 1.82) is 0 Å². The number of halogens is 6. The molecule has 1 aliphatic rings. The minimum Gasteiger partial charge on any atom is -0.478 e. The van der Waals surface area contributed by atoms with Crippen LogP contribution in [0.25, 0.3) is 33.0 Å². The maximum atomic E-state index is 15.2. The van der Waals surface area contributed by atoms with Crippen LogP contribution >= 0.6 is 0 Å². The Morgan fingerprint density at radius 1 is 0.849 bits per heavy atom. The number of alkyl halides is 6. The predicted molar refractivity (Wildman–Crippen MR) is 183 cm³/mol. The number of carboxylic acid groups (broad SMARTS) is 1. The van der Waals surface area contributed by atoms with Crippen molar-refractivity contribution in [2.24, 2.45) is 0 Å². The number of pyridine rings is 1. The maximum absolute atomic E-state index is 15.2. The Hall–Kier alpha value is -5.93. The number of carboxylic acids is 1. The lowest BCUT2D eigenvalue weighted by Crippen LogP contribution is -2.25. The predicted octanol–water partition coefficient (Wildman–Crippen LogP) is 9.67. The van der Waals surface area contributed by atoms with Crippen LogP contribution in [0.15, 0.2) is 114 Å². The largest absolute Gasteiger partial charge is 0.573 e. The maximum Gasteiger partial charge on any atom is 0.573 e. The fraction of sp³-hybridized carbons (Fsp3) is 0.105. The Labute approximate surface area is 297 Å². The standard InChI is InChI=1S/C38H24F6N2O6S/c39-37(40,41)33-28-8-4-2-6-25(28)19-45-35(33)46(20-21-9-15-26(16-10-21)52-38(42,43)44)31-18-29-27-7-3-1-5-24(27)17-30(29)32(34(31)53(49,50)51)22-11-13-23(14-12-22)36(47)48/h1-16,18-19H,17,20H2,(H,47,48)(H,49,50,51). The molecule has 1 aromatic heterocycles. The van der Waals surface area contributed by atoms with Crippen molar-refractivity contribution >= 4 is 38.4 Å². The Kier molecular flexibility index (Phi) is 8.65. The van der Waals surface area contributed by atoms with Gasteiger partial charge in [0, 0.05) is 23.7 Å². The summed E-state index contributed by atoms with van der Waals surface area (Å²) in [5.41, 5.74) is 0.596. The van der Waals surface area contributed by atoms with Gasteiger partial charge in [-0.25, -0.2) is 9.78 Å². The van der Waals surface area contributed by atoms with E-state index in [9.17, 15) is 36.0 Å². The molecular weight excluding hydrogens is 726 g/mol. The van der Waals surface area contributed by atoms with Crippen molar-refractivity contribution in [3.8, 4) is 28.0 Å². The first-order valence-electron chi connectivity index (χ1n) is 15.7. The third-order valence-electron chi connectivity index (χ3n) is 8.83. The topological polar surface area (TPSA) is 117 Å². The highest BCUT2D eigenvalue weighted by molar-refractivity contribution is 7.86. The molecule has 1 aliphatic carbocycles. The summed E-state index contributed by atoms with van der Waals surface area (Å²) in [7, 11) is -5.32. The van der Waals surface area contributed by atoms with Gasteiger partial charge in [0.1, 0.15) is 22.0 Å². The number of carbonyl (C=O) groups is 1. The van der Waals surface area contributed by atoms with E-state index in [-0.39, 0.29) is 39.4 Å². The van der Waals surface area contributed by atoms with Crippen LogP contribution in [0.3, 0.4) is 0 Å². The Balaban J connectivity index is 1.57. The van der Waals surface area contributed by atoms with Crippen LogP contribution in [0.5, 0.6) is 5.75 Å². The van der Waals surface area contributed by atoms with Crippen LogP contribution in [-0.4, -0.2) is 35.4 Å². The molecule has 53 heavy (non-hydrogen) atoms. The second kappa shape index (κ2) is 12.9. The Morgan fingerprint density at radius 3 is 2.15 bits per heavy atom. The smallest absolute Gasteiger partial charge is 0.478 e. The van der Waals surface area contributed by atoms with Crippen LogP contribution in [0.2, 0.25) is 0 Å². The lowest BCUT2D eigenvalue weighted by atomic mass is 9.93. The van der Waals surface area contributed by atoms with Gasteiger partial charge in [0.15, 0.2) is 0 Å². The first-order chi connectivity index (χ1) is 25.0. The SMILES string of the molecule is O=C(O)c1ccc(-c2c3c(cc(N(Cc4ccc(OC(F)(F)F)cc4)c4ncc5ccccc5c4C(F)(F)F)c2S(=O)(=O)O)-c2ccccc2C3)cc1. The molecule has 0 spiro atoms. The molecule has 0 amide bonds. The van der Waals surface area contributed by atoms with E-state index < -0.39 is 62.9 Å². The highest BCUT2D eigenvalue weighted by Gasteiger charge is 2.41. The number of benzene rings is 5. The van der Waals surface area contributed by atoms with Gasteiger partial charge in [-0.15, -0.1) is 13.2 Å². The number of aromatic carboxylic acids is 1. The molecule has 8 nitrogen and oxygen atoms in total. The van der Waals surface area contributed by atoms with E-state index >= 15 is 13.2 Å². The van der Waals surface area contributed by atoms with Crippen molar-refractivity contribution in [3.05, 3.63) is 137 Å². The van der Waals surface area contributed by atoms with Crippen LogP contribution < -0.4 is 9.64 Å². The third-order valence-corrected chi connectivity index (χ3v) is 9.76. The monoisotopic (exact) mass is 750 g/mol. The van der Waals surface area contributed by atoms with Gasteiger partial charge in [0.05, 0.1) is 11.3 Å². The number of anilines is 2. The molecule has 7 rings (SSSR count). The van der Waals surface area contributed by atoms with Gasteiger partial charge in [0.2, 0.25) is 0 Å². The van der Waals surface area contributed by atoms with Crippen LogP contribution in [-0.2, 0) is 29.3 Å². The zero-order valence-corrected chi connectivity index (χ0v) is 27.7. The van der Waals surface area contributed by atoms with Gasteiger partial charge in [-0.3, -0.25) is 4.55 Å². The van der Waals surface area contributed by atoms with Gasteiger partial charge >= 0.3 is 18.5 Å². The zero-order chi connectivity index (χ0) is 37.9. The summed E-state index contributed by atoms with van der Waals surface area (Å²) >= 11 is 0. The summed E-state index contributed by atoms with van der Waals surface area (Å²) in [6.07, 6.45) is -8.75. The van der Waals surface area contributed by atoms with Crippen LogP contribution in [0, 0.1) is 0 Å². The molecule has 0 atom stereocenters. The molecule has 0 aliphatic heterocycles. The molecule has 15 heteroatoms. The Morgan fingerprint density at radius 2 is 1.51 bits per heavy atom. The normalized spacial score (nSPS) is 12.7. The minimum absolute atomic E-state index is 0.0820. The van der Waals surface area contributed by atoms with Crippen molar-refractivity contribution in [1.82, 2.24) is 4.98 Å². The van der Waals surface area contributed by atoms with Gasteiger partial charge in [-0.1, -0.05) is 72.8 Å². The lowest BCUT2D eigenvalue weighted by molar-refractivity contribution is -0.274. The summed E-state index contributed by atoms with van der Waals surface area (Å²) < 4.78 is 127. The van der Waals surface area contributed by atoms with Crippen molar-refractivity contribution in [3.63, 3.8) is 0 Å². The highest BCUT2D eigenvalue weighted by Crippen LogP contribution is 2.51. The number of hydrogen-bond donors (Lipinski definition) is 2. The average Bonchev–Trinajstić information content (AvgIpc) is 3.47. The van der Waals surface area contributed by atoms with E-state index in [1.807, 2.05) is 0 Å². The summed E-state index contributed by atoms with van der Waals surface area (Å²) in [5.74, 6) is -2.62. The van der Waals surface area contributed by atoms with Gasteiger partial charge in [-0.2, -0.15) is 21.6 Å². The molecule has 270 valence electrons. The van der Waals surface area contributed by atoms with E-state index in [2.05, 4.69) is 9.72 Å². The summed E-state index contributed by atoms with van der Waals surface area (Å²) in [6, 6.07) is 23.3. The molecule has 0 unspecified atom stereocenters. The van der Waals surface area contributed by atoms with Gasteiger partial charge in [-0.05, 0) is 75.5 Å². The molecule has 1 heterocycles. The summed E-state index contributed by atoms with van der Waals surface area (Å²) in [4.78, 5) is 16.0. The van der Waals surface area contributed by atoms with Crippen molar-refractivity contribution < 1.29 is 54.0 Å². The number of hydrogen-bond acceptors (Lipinski definition) is 6. The molecule has 0 fully saturated rings. The Bertz CT molecular complexity index is 2520. The number of ether oxygens (including phenoxy) is 1. The second-order valence-corrected chi connectivity index (χ2v) is 13.5. The molecule has 6 aromatic rings. The fourth-order valence-electron chi connectivity index (χ4n) is 6.68. The molecule has 0 bridgehead atoms. The van der Waals surface area contributed by atoms with Gasteiger partial charge < -0.3 is 14.7 Å². The van der Waals surface area contributed by atoms with Gasteiger partial charge in [0.25, 0.3) is 10.1 Å². The molecule has 2 N–H and O–H groups in total. The van der Waals surface area contributed by atoms with E-state index in [0.29, 0.717) is 16.7 Å². The summed E-state index contributed by atoms with van der Waals surface area (Å²) in [6.45, 7) is -0.582. The van der Waals surface area contributed by atoms with Crippen molar-refractivity contribution in [2.75, 3.05) is 4.90 Å². The third kappa shape index (κ3) is 6.88. The van der Waals surface area contributed by atoms with E-state index in [1.165, 1.54) is 72.9 Å². The number of aromatic nitrogens is 1. The fourth-order valence-corrected chi connectivity index (χ4v) is 7.61. The molecular formula is C38H24F6N2O6S. The first kappa shape index (κ1) is 35.5. The second-order valence-electron chi connectivity index (χ2n) is 12.1. The first-order valence-corrected chi connectivity index (χ1v) is 17.1. The molecule has 0 radical (unpaired) electrons. The zero-order valence-electron chi connectivity index (χ0n) is 26.9. The van der Waals surface area contributed by atoms with Crippen molar-refractivity contribution in [2.45, 2.75) is 30.4 Å². The van der Waals surface area contributed by atoms with E-state index in [0.717, 1.165) is 22.6 Å². The highest BCUT2D eigenvalue weighted by atomic mass is 32.2. The summed E-state index contributed by atoms with van der Waals surface area (Å²) in [5, 5.41) is 9.37. The van der Waals surface area contributed by atoms with E-state index in [4.69, 9.17) is 0 Å². The molecule has 0 saturated carbocycles. The average molecular weight is 751 g/mol. The number of fused-ring (bicyclic) bond motifs is 4. The van der Waals surface area contributed by atoms with Crippen LogP contribution in [0.4, 0.5) is 37.8 Å². The number of rotatable bonds is 8. The van der Waals surface area contributed by atoms with Crippen LogP contribution in [0.1, 0.15) is 32.6 Å². The quantitative estimate of drug-likeness (QED) is 0.117.